The lowest BCUT2D eigenvalue weighted by Crippen LogP contribution is -2.25. The molecule has 32 heavy (non-hydrogen) atoms. The van der Waals surface area contributed by atoms with Crippen molar-refractivity contribution in [1.29, 1.82) is 0 Å². The van der Waals surface area contributed by atoms with Gasteiger partial charge in [-0.15, -0.1) is 0 Å². The van der Waals surface area contributed by atoms with Crippen LogP contribution < -0.4 is 15.8 Å². The first-order valence-electron chi connectivity index (χ1n) is 10.4. The summed E-state index contributed by atoms with van der Waals surface area (Å²) in [4.78, 5) is 16.9. The van der Waals surface area contributed by atoms with Crippen LogP contribution in [-0.2, 0) is 6.42 Å². The minimum absolute atomic E-state index is 0.0374. The summed E-state index contributed by atoms with van der Waals surface area (Å²) in [7, 11) is 0. The number of aryl methyl sites for hydroxylation is 1. The Morgan fingerprint density at radius 3 is 2.75 bits per heavy atom. The maximum absolute atomic E-state index is 12.8. The molecule has 0 aliphatic heterocycles. The number of fused-ring (bicyclic) bond motifs is 1. The van der Waals surface area contributed by atoms with E-state index in [-0.39, 0.29) is 17.7 Å². The van der Waals surface area contributed by atoms with Gasteiger partial charge in [-0.1, -0.05) is 23.7 Å². The third kappa shape index (κ3) is 5.10. The zero-order valence-corrected chi connectivity index (χ0v) is 18.4. The summed E-state index contributed by atoms with van der Waals surface area (Å²) in [5, 5.41) is 4.22. The highest BCUT2D eigenvalue weighted by Crippen LogP contribution is 2.33. The summed E-state index contributed by atoms with van der Waals surface area (Å²) in [6.45, 7) is 2.31. The third-order valence-electron chi connectivity index (χ3n) is 5.19. The number of nitrogens with zero attached hydrogens (tertiary/aromatic N) is 1. The first-order chi connectivity index (χ1) is 15.5. The molecule has 1 unspecified atom stereocenters. The van der Waals surface area contributed by atoms with Gasteiger partial charge in [-0.2, -0.15) is 0 Å². The van der Waals surface area contributed by atoms with Crippen LogP contribution in [0.4, 0.5) is 5.69 Å². The Labute approximate surface area is 191 Å². The van der Waals surface area contributed by atoms with Gasteiger partial charge in [0.1, 0.15) is 11.3 Å². The molecule has 0 bridgehead atoms. The van der Waals surface area contributed by atoms with Crippen molar-refractivity contribution in [3.05, 3.63) is 88.9 Å². The summed E-state index contributed by atoms with van der Waals surface area (Å²) >= 11 is 5.91. The van der Waals surface area contributed by atoms with Crippen molar-refractivity contribution in [3.8, 4) is 5.75 Å². The van der Waals surface area contributed by atoms with Crippen LogP contribution in [0.5, 0.6) is 5.75 Å². The predicted molar refractivity (Wildman–Crippen MR) is 126 cm³/mol. The molecule has 2 aromatic carbocycles. The molecule has 1 amide bonds. The fourth-order valence-corrected chi connectivity index (χ4v) is 3.69. The normalized spacial score (nSPS) is 12.0. The maximum Gasteiger partial charge on any atom is 0.291 e. The molecule has 4 rings (SSSR count). The van der Waals surface area contributed by atoms with Crippen LogP contribution in [0.25, 0.3) is 11.0 Å². The molecule has 0 fully saturated rings. The van der Waals surface area contributed by atoms with Crippen molar-refractivity contribution in [1.82, 2.24) is 4.98 Å². The van der Waals surface area contributed by atoms with E-state index < -0.39 is 0 Å². The molecule has 0 aliphatic carbocycles. The van der Waals surface area contributed by atoms with Gasteiger partial charge in [0, 0.05) is 34.7 Å². The largest absolute Gasteiger partial charge is 0.493 e. The molecular weight excluding hydrogens is 426 g/mol. The quantitative estimate of drug-likeness (QED) is 0.377. The molecule has 7 heteroatoms. The molecule has 2 aromatic heterocycles. The highest BCUT2D eigenvalue weighted by Gasteiger charge is 2.20. The number of hydrogen-bond acceptors (Lipinski definition) is 5. The van der Waals surface area contributed by atoms with E-state index in [0.29, 0.717) is 35.1 Å². The van der Waals surface area contributed by atoms with Gasteiger partial charge >= 0.3 is 0 Å². The standard InChI is InChI=1S/C25H24ClN3O3/c1-16-23-21(31-13-11-19(27)14-17-4-3-12-28-15-17)5-2-6-22(23)32-24(16)25(30)29-20-9-7-18(26)8-10-20/h2-10,12,15,19H,11,13-14,27H2,1H3,(H,29,30). The summed E-state index contributed by atoms with van der Waals surface area (Å²) in [5.74, 6) is 0.590. The average molecular weight is 450 g/mol. The molecule has 3 N–H and O–H groups in total. The van der Waals surface area contributed by atoms with Crippen LogP contribution in [0, 0.1) is 6.92 Å². The molecule has 0 saturated carbocycles. The fourth-order valence-electron chi connectivity index (χ4n) is 3.57. The number of hydrogen-bond donors (Lipinski definition) is 2. The Hall–Kier alpha value is -3.35. The number of ether oxygens (including phenoxy) is 1. The van der Waals surface area contributed by atoms with E-state index in [1.54, 1.807) is 30.5 Å². The number of aromatic nitrogens is 1. The average Bonchev–Trinajstić information content (AvgIpc) is 3.13. The molecule has 0 spiro atoms. The lowest BCUT2D eigenvalue weighted by atomic mass is 10.1. The molecule has 1 atom stereocenters. The second-order valence-electron chi connectivity index (χ2n) is 7.61. The number of nitrogens with two attached hydrogens (primary N) is 1. The first-order valence-corrected chi connectivity index (χ1v) is 10.8. The SMILES string of the molecule is Cc1c(C(=O)Nc2ccc(Cl)cc2)oc2cccc(OCCC(N)Cc3cccnc3)c12. The van der Waals surface area contributed by atoms with Crippen molar-refractivity contribution in [2.45, 2.75) is 25.8 Å². The number of halogens is 1. The van der Waals surface area contributed by atoms with Crippen LogP contribution in [0.15, 0.2) is 71.4 Å². The highest BCUT2D eigenvalue weighted by molar-refractivity contribution is 6.30. The van der Waals surface area contributed by atoms with Crippen LogP contribution in [0.3, 0.4) is 0 Å². The van der Waals surface area contributed by atoms with Gasteiger partial charge in [0.15, 0.2) is 5.76 Å². The third-order valence-corrected chi connectivity index (χ3v) is 5.44. The Morgan fingerprint density at radius 1 is 1.19 bits per heavy atom. The van der Waals surface area contributed by atoms with Crippen molar-refractivity contribution in [2.24, 2.45) is 5.73 Å². The van der Waals surface area contributed by atoms with Gasteiger partial charge in [-0.05, 0) is 67.8 Å². The predicted octanol–water partition coefficient (Wildman–Crippen LogP) is 5.38. The zero-order valence-electron chi connectivity index (χ0n) is 17.7. The molecule has 0 saturated heterocycles. The van der Waals surface area contributed by atoms with Crippen molar-refractivity contribution in [2.75, 3.05) is 11.9 Å². The van der Waals surface area contributed by atoms with Crippen molar-refractivity contribution >= 4 is 34.2 Å². The van der Waals surface area contributed by atoms with Crippen molar-refractivity contribution in [3.63, 3.8) is 0 Å². The van der Waals surface area contributed by atoms with Gasteiger partial charge in [-0.3, -0.25) is 9.78 Å². The number of carbonyl (C=O) groups is 1. The number of anilines is 1. The number of carbonyl (C=O) groups excluding carboxylic acids is 1. The Balaban J connectivity index is 1.44. The maximum atomic E-state index is 12.8. The number of benzene rings is 2. The molecule has 0 aliphatic rings. The van der Waals surface area contributed by atoms with E-state index in [9.17, 15) is 4.79 Å². The molecule has 6 nitrogen and oxygen atoms in total. The van der Waals surface area contributed by atoms with E-state index >= 15 is 0 Å². The molecular formula is C25H24ClN3O3. The summed E-state index contributed by atoms with van der Waals surface area (Å²) < 4.78 is 11.9. The van der Waals surface area contributed by atoms with Crippen LogP contribution >= 0.6 is 11.6 Å². The van der Waals surface area contributed by atoms with Crippen LogP contribution in [0.1, 0.15) is 28.1 Å². The number of rotatable bonds is 8. The highest BCUT2D eigenvalue weighted by atomic mass is 35.5. The Kier molecular flexibility index (Phi) is 6.73. The summed E-state index contributed by atoms with van der Waals surface area (Å²) in [5.41, 5.74) is 9.31. The monoisotopic (exact) mass is 449 g/mol. The van der Waals surface area contributed by atoms with E-state index in [1.807, 2.05) is 43.5 Å². The molecule has 164 valence electrons. The van der Waals surface area contributed by atoms with E-state index in [4.69, 9.17) is 26.5 Å². The van der Waals surface area contributed by atoms with E-state index in [1.165, 1.54) is 0 Å². The lowest BCUT2D eigenvalue weighted by molar-refractivity contribution is 0.0998. The second-order valence-corrected chi connectivity index (χ2v) is 8.05. The topological polar surface area (TPSA) is 90.4 Å². The fraction of sp³-hybridized carbons (Fsp3) is 0.200. The number of pyridine rings is 1. The Bertz CT molecular complexity index is 1210. The first kappa shape index (κ1) is 21.9. The van der Waals surface area contributed by atoms with Gasteiger partial charge < -0.3 is 20.2 Å². The van der Waals surface area contributed by atoms with E-state index in [2.05, 4.69) is 10.3 Å². The van der Waals surface area contributed by atoms with Crippen molar-refractivity contribution < 1.29 is 13.9 Å². The Morgan fingerprint density at radius 2 is 2.00 bits per heavy atom. The minimum atomic E-state index is -0.328. The minimum Gasteiger partial charge on any atom is -0.493 e. The van der Waals surface area contributed by atoms with Gasteiger partial charge in [0.25, 0.3) is 5.91 Å². The number of nitrogens with one attached hydrogen (secondary N) is 1. The van der Waals surface area contributed by atoms with Crippen LogP contribution in [0.2, 0.25) is 5.02 Å². The van der Waals surface area contributed by atoms with Gasteiger partial charge in [0.2, 0.25) is 0 Å². The smallest absolute Gasteiger partial charge is 0.291 e. The van der Waals surface area contributed by atoms with Gasteiger partial charge in [0.05, 0.1) is 12.0 Å². The second kappa shape index (κ2) is 9.85. The lowest BCUT2D eigenvalue weighted by Gasteiger charge is -2.13. The number of amides is 1. The zero-order chi connectivity index (χ0) is 22.5. The van der Waals surface area contributed by atoms with E-state index in [0.717, 1.165) is 22.9 Å². The van der Waals surface area contributed by atoms with Gasteiger partial charge in [-0.25, -0.2) is 0 Å². The molecule has 4 aromatic rings. The summed E-state index contributed by atoms with van der Waals surface area (Å²) in [6.07, 6.45) is 5.00. The molecule has 2 heterocycles. The summed E-state index contributed by atoms with van der Waals surface area (Å²) in [6, 6.07) is 16.3. The number of furan rings is 1. The molecule has 0 radical (unpaired) electrons. The van der Waals surface area contributed by atoms with Crippen LogP contribution in [-0.4, -0.2) is 23.5 Å².